The van der Waals surface area contributed by atoms with Gasteiger partial charge in [0.25, 0.3) is 5.91 Å². The molecule has 2 aromatic rings. The van der Waals surface area contributed by atoms with E-state index in [1.54, 1.807) is 36.5 Å². The molecule has 0 saturated heterocycles. The highest BCUT2D eigenvalue weighted by Gasteiger charge is 2.25. The Hall–Kier alpha value is -2.87. The maximum atomic E-state index is 12.0. The molecule has 2 N–H and O–H groups in total. The summed E-state index contributed by atoms with van der Waals surface area (Å²) in [5, 5.41) is 14.9. The van der Waals surface area contributed by atoms with Crippen LogP contribution in [0.5, 0.6) is 0 Å². The van der Waals surface area contributed by atoms with Crippen LogP contribution in [0.2, 0.25) is 0 Å². The number of benzene rings is 1. The number of fused-ring (bicyclic) bond motifs is 1. The van der Waals surface area contributed by atoms with Gasteiger partial charge in [-0.2, -0.15) is 5.26 Å². The van der Waals surface area contributed by atoms with E-state index in [-0.39, 0.29) is 12.1 Å². The number of carbonyl (C=O) groups excluding carboxylic acids is 1. The molecule has 92 valence electrons. The summed E-state index contributed by atoms with van der Waals surface area (Å²) in [7, 11) is 0. The average molecular weight is 250 g/mol. The Balaban J connectivity index is 1.97. The van der Waals surface area contributed by atoms with Gasteiger partial charge in [-0.1, -0.05) is 12.1 Å². The zero-order chi connectivity index (χ0) is 13.2. The standard InChI is InChI=1S/C14H10N4O/c15-8-9-3-1-4-10(7-9)12-17-13-11(14(19)18-12)5-2-6-16-13/h1-7,12H,(H,16,17)(H,18,19)/t12-/m1/s1. The summed E-state index contributed by atoms with van der Waals surface area (Å²) in [4.78, 5) is 16.1. The second-order valence-electron chi connectivity index (χ2n) is 4.19. The molecule has 1 atom stereocenters. The van der Waals surface area contributed by atoms with Gasteiger partial charge < -0.3 is 10.6 Å². The first kappa shape index (κ1) is 11.2. The lowest BCUT2D eigenvalue weighted by molar-refractivity contribution is 0.0935. The maximum Gasteiger partial charge on any atom is 0.256 e. The highest BCUT2D eigenvalue weighted by atomic mass is 16.2. The van der Waals surface area contributed by atoms with Crippen molar-refractivity contribution >= 4 is 11.7 Å². The first-order chi connectivity index (χ1) is 9.28. The van der Waals surface area contributed by atoms with E-state index in [4.69, 9.17) is 5.26 Å². The van der Waals surface area contributed by atoms with Gasteiger partial charge >= 0.3 is 0 Å². The third-order valence-electron chi connectivity index (χ3n) is 2.96. The molecule has 1 aromatic carbocycles. The van der Waals surface area contributed by atoms with Crippen LogP contribution in [0.15, 0.2) is 42.6 Å². The molecule has 0 bridgehead atoms. The Morgan fingerprint density at radius 2 is 2.11 bits per heavy atom. The molecular weight excluding hydrogens is 240 g/mol. The Kier molecular flexibility index (Phi) is 2.62. The first-order valence-electron chi connectivity index (χ1n) is 5.80. The number of hydrogen-bond donors (Lipinski definition) is 2. The molecule has 0 radical (unpaired) electrons. The largest absolute Gasteiger partial charge is 0.346 e. The van der Waals surface area contributed by atoms with Crippen LogP contribution >= 0.6 is 0 Å². The molecule has 0 spiro atoms. The number of pyridine rings is 1. The van der Waals surface area contributed by atoms with Gasteiger partial charge in [0.15, 0.2) is 0 Å². The van der Waals surface area contributed by atoms with E-state index in [1.165, 1.54) is 0 Å². The molecule has 5 nitrogen and oxygen atoms in total. The lowest BCUT2D eigenvalue weighted by atomic mass is 10.1. The zero-order valence-corrected chi connectivity index (χ0v) is 9.92. The van der Waals surface area contributed by atoms with E-state index < -0.39 is 0 Å². The summed E-state index contributed by atoms with van der Waals surface area (Å²) in [5.41, 5.74) is 1.90. The van der Waals surface area contributed by atoms with Crippen LogP contribution in [0, 0.1) is 11.3 Å². The second-order valence-corrected chi connectivity index (χ2v) is 4.19. The van der Waals surface area contributed by atoms with Crippen molar-refractivity contribution in [3.05, 3.63) is 59.3 Å². The summed E-state index contributed by atoms with van der Waals surface area (Å²) >= 11 is 0. The van der Waals surface area contributed by atoms with E-state index in [2.05, 4.69) is 21.7 Å². The van der Waals surface area contributed by atoms with Gasteiger partial charge in [-0.25, -0.2) is 4.98 Å². The summed E-state index contributed by atoms with van der Waals surface area (Å²) in [6.07, 6.45) is 1.26. The quantitative estimate of drug-likeness (QED) is 0.809. The van der Waals surface area contributed by atoms with Crippen molar-refractivity contribution < 1.29 is 4.79 Å². The van der Waals surface area contributed by atoms with Crippen LogP contribution in [0.1, 0.15) is 27.7 Å². The van der Waals surface area contributed by atoms with Gasteiger partial charge in [-0.15, -0.1) is 0 Å². The molecule has 0 unspecified atom stereocenters. The van der Waals surface area contributed by atoms with Gasteiger partial charge in [0.1, 0.15) is 12.0 Å². The molecule has 0 saturated carbocycles. The molecule has 1 aliphatic rings. The van der Waals surface area contributed by atoms with Gasteiger partial charge in [0, 0.05) is 6.20 Å². The Bertz CT molecular complexity index is 690. The maximum absolute atomic E-state index is 12.0. The van der Waals surface area contributed by atoms with Gasteiger partial charge in [-0.3, -0.25) is 4.79 Å². The normalized spacial score (nSPS) is 16.8. The van der Waals surface area contributed by atoms with Gasteiger partial charge in [0.2, 0.25) is 0 Å². The predicted octanol–water partition coefficient (Wildman–Crippen LogP) is 1.81. The minimum absolute atomic E-state index is 0.172. The highest BCUT2D eigenvalue weighted by Crippen LogP contribution is 2.24. The van der Waals surface area contributed by atoms with E-state index in [0.717, 1.165) is 5.56 Å². The molecule has 1 amide bonds. The van der Waals surface area contributed by atoms with Gasteiger partial charge in [0.05, 0.1) is 17.2 Å². The van der Waals surface area contributed by atoms with E-state index >= 15 is 0 Å². The molecule has 3 rings (SSSR count). The molecule has 1 aliphatic heterocycles. The fourth-order valence-electron chi connectivity index (χ4n) is 2.04. The fraction of sp³-hybridized carbons (Fsp3) is 0.0714. The molecule has 0 aliphatic carbocycles. The molecule has 1 aromatic heterocycles. The van der Waals surface area contributed by atoms with Crippen LogP contribution in [-0.4, -0.2) is 10.9 Å². The number of amides is 1. The summed E-state index contributed by atoms with van der Waals surface area (Å²) in [6.45, 7) is 0. The van der Waals surface area contributed by atoms with E-state index in [9.17, 15) is 4.79 Å². The van der Waals surface area contributed by atoms with E-state index in [1.807, 2.05) is 6.07 Å². The number of carbonyl (C=O) groups is 1. The number of nitrogens with one attached hydrogen (secondary N) is 2. The first-order valence-corrected chi connectivity index (χ1v) is 5.80. The molecule has 5 heteroatoms. The van der Waals surface area contributed by atoms with Crippen LogP contribution in [0.25, 0.3) is 0 Å². The Morgan fingerprint density at radius 1 is 1.21 bits per heavy atom. The minimum Gasteiger partial charge on any atom is -0.346 e. The molecule has 19 heavy (non-hydrogen) atoms. The lowest BCUT2D eigenvalue weighted by Crippen LogP contribution is -2.38. The summed E-state index contributed by atoms with van der Waals surface area (Å²) in [6, 6.07) is 12.6. The SMILES string of the molecule is N#Cc1cccc([C@H]2NC(=O)c3cccnc3N2)c1. The number of hydrogen-bond acceptors (Lipinski definition) is 4. The van der Waals surface area contributed by atoms with Crippen LogP contribution in [-0.2, 0) is 0 Å². The van der Waals surface area contributed by atoms with Crippen molar-refractivity contribution in [3.8, 4) is 6.07 Å². The molecule has 2 heterocycles. The predicted molar refractivity (Wildman–Crippen MR) is 69.2 cm³/mol. The average Bonchev–Trinajstić information content (AvgIpc) is 2.47. The monoisotopic (exact) mass is 250 g/mol. The number of rotatable bonds is 1. The highest BCUT2D eigenvalue weighted by molar-refractivity contribution is 6.00. The summed E-state index contributed by atoms with van der Waals surface area (Å²) < 4.78 is 0. The smallest absolute Gasteiger partial charge is 0.256 e. The van der Waals surface area contributed by atoms with Crippen molar-refractivity contribution in [2.45, 2.75) is 6.17 Å². The molecule has 0 fully saturated rings. The van der Waals surface area contributed by atoms with Gasteiger partial charge in [-0.05, 0) is 29.8 Å². The fourth-order valence-corrected chi connectivity index (χ4v) is 2.04. The number of anilines is 1. The van der Waals surface area contributed by atoms with Crippen molar-refractivity contribution in [1.82, 2.24) is 10.3 Å². The van der Waals surface area contributed by atoms with Crippen molar-refractivity contribution in [2.75, 3.05) is 5.32 Å². The summed E-state index contributed by atoms with van der Waals surface area (Å²) in [5.74, 6) is 0.382. The van der Waals surface area contributed by atoms with Crippen LogP contribution in [0.3, 0.4) is 0 Å². The Morgan fingerprint density at radius 3 is 2.95 bits per heavy atom. The van der Waals surface area contributed by atoms with Crippen molar-refractivity contribution in [3.63, 3.8) is 0 Å². The Labute approximate surface area is 109 Å². The topological polar surface area (TPSA) is 77.8 Å². The number of aromatic nitrogens is 1. The third-order valence-corrected chi connectivity index (χ3v) is 2.96. The number of nitriles is 1. The van der Waals surface area contributed by atoms with E-state index in [0.29, 0.717) is 16.9 Å². The second kappa shape index (κ2) is 4.42. The van der Waals surface area contributed by atoms with Crippen LogP contribution in [0.4, 0.5) is 5.82 Å². The van der Waals surface area contributed by atoms with Crippen molar-refractivity contribution in [2.24, 2.45) is 0 Å². The lowest BCUT2D eigenvalue weighted by Gasteiger charge is -2.27. The minimum atomic E-state index is -0.372. The third kappa shape index (κ3) is 2.00. The zero-order valence-electron chi connectivity index (χ0n) is 9.92. The number of nitrogens with zero attached hydrogens (tertiary/aromatic N) is 2. The van der Waals surface area contributed by atoms with Crippen LogP contribution < -0.4 is 10.6 Å². The van der Waals surface area contributed by atoms with Crippen molar-refractivity contribution in [1.29, 1.82) is 5.26 Å². The molecular formula is C14H10N4O.